The number of ether oxygens (including phenoxy) is 1. The molecule has 4 nitrogen and oxygen atoms in total. The van der Waals surface area contributed by atoms with Crippen LogP contribution in [0.5, 0.6) is 0 Å². The number of carbonyl (C=O) groups is 2. The molecule has 1 atom stereocenters. The quantitative estimate of drug-likeness (QED) is 0.601. The molecule has 0 unspecified atom stereocenters. The third kappa shape index (κ3) is 3.12. The Hall–Kier alpha value is -1.78. The number of hydrogen-bond acceptors (Lipinski definition) is 3. The van der Waals surface area contributed by atoms with Crippen molar-refractivity contribution in [1.82, 2.24) is 4.90 Å². The van der Waals surface area contributed by atoms with Crippen LogP contribution in [0.2, 0.25) is 12.6 Å². The van der Waals surface area contributed by atoms with E-state index in [1.54, 1.807) is 0 Å². The molecule has 18 heavy (non-hydrogen) atoms. The molecule has 1 radical (unpaired) electrons. The van der Waals surface area contributed by atoms with Gasteiger partial charge in [0, 0.05) is 6.54 Å². The van der Waals surface area contributed by atoms with Crippen LogP contribution in [0.3, 0.4) is 0 Å². The largest absolute Gasteiger partial charge is 0.445 e. The predicted molar refractivity (Wildman–Crippen MR) is 68.6 cm³/mol. The summed E-state index contributed by atoms with van der Waals surface area (Å²) in [6.45, 7) is 0.794. The van der Waals surface area contributed by atoms with Crippen molar-refractivity contribution in [2.45, 2.75) is 25.3 Å². The van der Waals surface area contributed by atoms with E-state index in [0.29, 0.717) is 12.9 Å². The molecule has 1 saturated heterocycles. The second-order valence-corrected chi connectivity index (χ2v) is 4.25. The molecule has 93 valence electrons. The fourth-order valence-electron chi connectivity index (χ4n) is 1.97. The summed E-state index contributed by atoms with van der Waals surface area (Å²) < 4.78 is 5.21. The van der Waals surface area contributed by atoms with Crippen LogP contribution in [0.25, 0.3) is 0 Å². The van der Waals surface area contributed by atoms with Crippen LogP contribution in [0.1, 0.15) is 5.56 Å². The van der Waals surface area contributed by atoms with Gasteiger partial charge in [-0.2, -0.15) is 0 Å². The van der Waals surface area contributed by atoms with E-state index in [9.17, 15) is 9.59 Å². The first-order valence-corrected chi connectivity index (χ1v) is 6.05. The minimum Gasteiger partial charge on any atom is -0.445 e. The maximum Gasteiger partial charge on any atom is 0.410 e. The molecule has 1 aromatic rings. The lowest BCUT2D eigenvalue weighted by Crippen LogP contribution is -2.46. The van der Waals surface area contributed by atoms with Gasteiger partial charge in [-0.1, -0.05) is 43.0 Å². The topological polar surface area (TPSA) is 46.6 Å². The van der Waals surface area contributed by atoms with E-state index < -0.39 is 6.09 Å². The Labute approximate surface area is 107 Å². The van der Waals surface area contributed by atoms with E-state index in [0.717, 1.165) is 18.2 Å². The Balaban J connectivity index is 1.89. The molecule has 1 amide bonds. The van der Waals surface area contributed by atoms with Crippen LogP contribution in [0.15, 0.2) is 30.3 Å². The predicted octanol–water partition coefficient (Wildman–Crippen LogP) is 1.75. The Bertz CT molecular complexity index is 410. The van der Waals surface area contributed by atoms with E-state index in [1.165, 1.54) is 4.90 Å². The number of hydrogen-bond donors (Lipinski definition) is 0. The van der Waals surface area contributed by atoms with Gasteiger partial charge in [0.15, 0.2) is 0 Å². The van der Waals surface area contributed by atoms with Crippen LogP contribution < -0.4 is 0 Å². The van der Waals surface area contributed by atoms with Crippen molar-refractivity contribution in [3.8, 4) is 0 Å². The molecule has 5 heteroatoms. The van der Waals surface area contributed by atoms with Crippen LogP contribution in [-0.2, 0) is 16.1 Å². The molecule has 1 aliphatic rings. The van der Waals surface area contributed by atoms with E-state index in [4.69, 9.17) is 4.74 Å². The van der Waals surface area contributed by atoms with E-state index in [1.807, 2.05) is 37.6 Å². The molecule has 1 heterocycles. The van der Waals surface area contributed by atoms with Crippen molar-refractivity contribution in [3.63, 3.8) is 0 Å². The molecule has 0 bridgehead atoms. The minimum atomic E-state index is -0.413. The van der Waals surface area contributed by atoms with Gasteiger partial charge in [0.2, 0.25) is 0 Å². The third-order valence-electron chi connectivity index (χ3n) is 2.98. The third-order valence-corrected chi connectivity index (χ3v) is 2.98. The molecule has 1 aromatic carbocycles. The number of carbonyl (C=O) groups excluding carboxylic acids is 2. The lowest BCUT2D eigenvalue weighted by Gasteiger charge is -2.31. The fraction of sp³-hybridized carbons (Fsp3) is 0.385. The molecule has 0 aromatic heterocycles. The fourth-order valence-corrected chi connectivity index (χ4v) is 1.97. The highest BCUT2D eigenvalue weighted by Crippen LogP contribution is 2.13. The first-order chi connectivity index (χ1) is 8.81. The normalized spacial score (nSPS) is 18.9. The molecule has 0 aliphatic carbocycles. The standard InChI is InChI=1S/C13H15BNO3/c16-9-12-8-14-6-7-15(12)13(17)18-10-11-4-2-1-3-5-11/h1-5,9,12H,6-8,10H2/t12-/m1/s1. The van der Waals surface area contributed by atoms with Crippen LogP contribution in [0.4, 0.5) is 4.79 Å². The van der Waals surface area contributed by atoms with E-state index >= 15 is 0 Å². The SMILES string of the molecule is O=C[C@H]1C[B]CCN1C(=O)OCc1ccccc1. The first kappa shape index (κ1) is 12.7. The van der Waals surface area contributed by atoms with Gasteiger partial charge in [-0.15, -0.1) is 0 Å². The summed E-state index contributed by atoms with van der Waals surface area (Å²) in [5.41, 5.74) is 0.942. The molecule has 2 rings (SSSR count). The molecular weight excluding hydrogens is 229 g/mol. The van der Waals surface area contributed by atoms with Gasteiger partial charge < -0.3 is 9.53 Å². The number of amides is 1. The number of nitrogens with zero attached hydrogens (tertiary/aromatic N) is 1. The Morgan fingerprint density at radius 3 is 2.94 bits per heavy atom. The van der Waals surface area contributed by atoms with Crippen molar-refractivity contribution in [3.05, 3.63) is 35.9 Å². The molecule has 0 saturated carbocycles. The smallest absolute Gasteiger partial charge is 0.410 e. The van der Waals surface area contributed by atoms with Gasteiger partial charge in [-0.25, -0.2) is 4.79 Å². The summed E-state index contributed by atoms with van der Waals surface area (Å²) in [5.74, 6) is 0. The van der Waals surface area contributed by atoms with Gasteiger partial charge in [0.25, 0.3) is 0 Å². The zero-order valence-corrected chi connectivity index (χ0v) is 10.1. The maximum atomic E-state index is 11.9. The van der Waals surface area contributed by atoms with Crippen LogP contribution >= 0.6 is 0 Å². The maximum absolute atomic E-state index is 11.9. The molecule has 0 N–H and O–H groups in total. The average molecular weight is 244 g/mol. The van der Waals surface area contributed by atoms with Crippen molar-refractivity contribution in [2.24, 2.45) is 0 Å². The molecule has 1 aliphatic heterocycles. The van der Waals surface area contributed by atoms with Gasteiger partial charge in [-0.05, 0) is 5.56 Å². The molecule has 0 spiro atoms. The summed E-state index contributed by atoms with van der Waals surface area (Å²) >= 11 is 0. The van der Waals surface area contributed by atoms with Gasteiger partial charge in [0.1, 0.15) is 20.2 Å². The van der Waals surface area contributed by atoms with Crippen molar-refractivity contribution < 1.29 is 14.3 Å². The van der Waals surface area contributed by atoms with Crippen molar-refractivity contribution in [2.75, 3.05) is 6.54 Å². The van der Waals surface area contributed by atoms with Gasteiger partial charge >= 0.3 is 6.09 Å². The first-order valence-electron chi connectivity index (χ1n) is 6.05. The highest BCUT2D eigenvalue weighted by molar-refractivity contribution is 6.36. The summed E-state index contributed by atoms with van der Waals surface area (Å²) in [6, 6.07) is 9.12. The minimum absolute atomic E-state index is 0.242. The van der Waals surface area contributed by atoms with E-state index in [2.05, 4.69) is 0 Å². The summed E-state index contributed by atoms with van der Waals surface area (Å²) in [4.78, 5) is 24.2. The second kappa shape index (κ2) is 6.24. The lowest BCUT2D eigenvalue weighted by atomic mass is 9.66. The Morgan fingerprint density at radius 1 is 1.44 bits per heavy atom. The number of benzene rings is 1. The summed E-state index contributed by atoms with van der Waals surface area (Å²) in [6.07, 6.45) is 1.82. The summed E-state index contributed by atoms with van der Waals surface area (Å²) in [7, 11) is 2.03. The van der Waals surface area contributed by atoms with Crippen molar-refractivity contribution in [1.29, 1.82) is 0 Å². The van der Waals surface area contributed by atoms with Gasteiger partial charge in [0.05, 0.1) is 6.04 Å². The summed E-state index contributed by atoms with van der Waals surface area (Å²) in [5, 5.41) is 0. The van der Waals surface area contributed by atoms with Gasteiger partial charge in [-0.3, -0.25) is 4.90 Å². The van der Waals surface area contributed by atoms with E-state index in [-0.39, 0.29) is 12.6 Å². The van der Waals surface area contributed by atoms with Crippen LogP contribution in [0, 0.1) is 0 Å². The second-order valence-electron chi connectivity index (χ2n) is 4.25. The monoisotopic (exact) mass is 244 g/mol. The van der Waals surface area contributed by atoms with Crippen molar-refractivity contribution >= 4 is 19.7 Å². The average Bonchev–Trinajstić information content (AvgIpc) is 2.45. The molecular formula is C13H15BNO3. The zero-order chi connectivity index (χ0) is 12.8. The lowest BCUT2D eigenvalue weighted by molar-refractivity contribution is -0.111. The number of rotatable bonds is 3. The highest BCUT2D eigenvalue weighted by atomic mass is 16.6. The molecule has 1 fully saturated rings. The number of aldehydes is 1. The Morgan fingerprint density at radius 2 is 2.22 bits per heavy atom. The zero-order valence-electron chi connectivity index (χ0n) is 10.1. The highest BCUT2D eigenvalue weighted by Gasteiger charge is 2.27. The van der Waals surface area contributed by atoms with Crippen LogP contribution in [-0.4, -0.2) is 37.1 Å². The Kier molecular flexibility index (Phi) is 4.39.